The first-order chi connectivity index (χ1) is 8.25. The van der Waals surface area contributed by atoms with Crippen LogP contribution in [-0.4, -0.2) is 11.5 Å². The molecule has 0 spiro atoms. The summed E-state index contributed by atoms with van der Waals surface area (Å²) in [4.78, 5) is 4.32. The molecule has 0 saturated carbocycles. The third-order valence-electron chi connectivity index (χ3n) is 2.87. The van der Waals surface area contributed by atoms with Crippen LogP contribution < -0.4 is 5.32 Å². The Bertz CT molecular complexity index is 475. The molecular weight excluding hydrogens is 208 g/mol. The summed E-state index contributed by atoms with van der Waals surface area (Å²) in [5, 5.41) is 3.34. The maximum absolute atomic E-state index is 4.32. The van der Waals surface area contributed by atoms with Gasteiger partial charge in [0.05, 0.1) is 0 Å². The Morgan fingerprint density at radius 3 is 2.59 bits per heavy atom. The lowest BCUT2D eigenvalue weighted by atomic mass is 10.1. The van der Waals surface area contributed by atoms with Crippen molar-refractivity contribution >= 4 is 5.82 Å². The van der Waals surface area contributed by atoms with Gasteiger partial charge in [-0.15, -0.1) is 0 Å². The molecule has 0 amide bonds. The smallest absolute Gasteiger partial charge is 0.125 e. The van der Waals surface area contributed by atoms with E-state index in [2.05, 4.69) is 47.6 Å². The normalized spacial score (nSPS) is 10.2. The van der Waals surface area contributed by atoms with Crippen molar-refractivity contribution in [2.24, 2.45) is 0 Å². The third-order valence-corrected chi connectivity index (χ3v) is 2.87. The zero-order valence-corrected chi connectivity index (χ0v) is 10.4. The molecule has 1 aromatic heterocycles. The quantitative estimate of drug-likeness (QED) is 0.864. The highest BCUT2D eigenvalue weighted by Crippen LogP contribution is 2.08. The van der Waals surface area contributed by atoms with E-state index >= 15 is 0 Å². The van der Waals surface area contributed by atoms with Crippen LogP contribution in [0.5, 0.6) is 0 Å². The van der Waals surface area contributed by atoms with E-state index in [1.807, 2.05) is 19.2 Å². The monoisotopic (exact) mass is 226 g/mol. The Morgan fingerprint density at radius 2 is 1.88 bits per heavy atom. The molecule has 0 bridgehead atoms. The highest BCUT2D eigenvalue weighted by Gasteiger charge is 1.97. The fourth-order valence-electron chi connectivity index (χ4n) is 1.79. The van der Waals surface area contributed by atoms with Gasteiger partial charge in [0.25, 0.3) is 0 Å². The number of nitrogens with one attached hydrogen (secondary N) is 1. The summed E-state index contributed by atoms with van der Waals surface area (Å²) in [6.45, 7) is 5.12. The molecule has 0 aliphatic carbocycles. The summed E-state index contributed by atoms with van der Waals surface area (Å²) < 4.78 is 0. The summed E-state index contributed by atoms with van der Waals surface area (Å²) in [6, 6.07) is 12.6. The van der Waals surface area contributed by atoms with E-state index in [9.17, 15) is 0 Å². The number of rotatable bonds is 4. The van der Waals surface area contributed by atoms with Gasteiger partial charge >= 0.3 is 0 Å². The van der Waals surface area contributed by atoms with Gasteiger partial charge in [-0.25, -0.2) is 4.98 Å². The maximum Gasteiger partial charge on any atom is 0.125 e. The molecule has 0 atom stereocenters. The molecule has 0 aliphatic rings. The lowest BCUT2D eigenvalue weighted by Gasteiger charge is -2.07. The topological polar surface area (TPSA) is 24.9 Å². The fourth-order valence-corrected chi connectivity index (χ4v) is 1.79. The van der Waals surface area contributed by atoms with Gasteiger partial charge in [0.2, 0.25) is 0 Å². The lowest BCUT2D eigenvalue weighted by Crippen LogP contribution is -2.06. The fraction of sp³-hybridized carbons (Fsp3) is 0.267. The number of anilines is 1. The van der Waals surface area contributed by atoms with Crippen LogP contribution in [-0.2, 0) is 6.42 Å². The molecule has 2 aromatic rings. The molecule has 0 saturated heterocycles. The van der Waals surface area contributed by atoms with Crippen molar-refractivity contribution in [3.63, 3.8) is 0 Å². The molecule has 0 unspecified atom stereocenters. The number of aryl methyl sites for hydroxylation is 2. The molecule has 1 heterocycles. The number of pyridine rings is 1. The Labute approximate surface area is 103 Å². The highest BCUT2D eigenvalue weighted by molar-refractivity contribution is 5.36. The molecule has 2 nitrogen and oxygen atoms in total. The van der Waals surface area contributed by atoms with Crippen LogP contribution in [0, 0.1) is 13.8 Å². The molecule has 1 N–H and O–H groups in total. The van der Waals surface area contributed by atoms with Crippen molar-refractivity contribution in [2.45, 2.75) is 20.3 Å². The van der Waals surface area contributed by atoms with Crippen molar-refractivity contribution in [2.75, 3.05) is 11.9 Å². The maximum atomic E-state index is 4.32. The molecule has 1 aromatic carbocycles. The van der Waals surface area contributed by atoms with E-state index in [1.54, 1.807) is 0 Å². The van der Waals surface area contributed by atoms with E-state index in [-0.39, 0.29) is 0 Å². The van der Waals surface area contributed by atoms with Gasteiger partial charge in [0.15, 0.2) is 0 Å². The Balaban J connectivity index is 1.88. The molecule has 2 rings (SSSR count). The average molecular weight is 226 g/mol. The second-order valence-electron chi connectivity index (χ2n) is 4.32. The van der Waals surface area contributed by atoms with Gasteiger partial charge in [-0.1, -0.05) is 30.3 Å². The summed E-state index contributed by atoms with van der Waals surface area (Å²) in [5.74, 6) is 0.948. The molecule has 0 aliphatic heterocycles. The van der Waals surface area contributed by atoms with Crippen LogP contribution in [0.4, 0.5) is 5.82 Å². The SMILES string of the molecule is Cc1ccc(NCCc2ccccc2C)nc1. The Kier molecular flexibility index (Phi) is 3.76. The van der Waals surface area contributed by atoms with E-state index < -0.39 is 0 Å². The largest absolute Gasteiger partial charge is 0.370 e. The molecule has 0 fully saturated rings. The van der Waals surface area contributed by atoms with Gasteiger partial charge in [-0.2, -0.15) is 0 Å². The summed E-state index contributed by atoms with van der Waals surface area (Å²) in [6.07, 6.45) is 2.92. The Hall–Kier alpha value is -1.83. The van der Waals surface area contributed by atoms with Crippen molar-refractivity contribution in [1.82, 2.24) is 4.98 Å². The lowest BCUT2D eigenvalue weighted by molar-refractivity contribution is 0.993. The van der Waals surface area contributed by atoms with Gasteiger partial charge in [-0.3, -0.25) is 0 Å². The predicted octanol–water partition coefficient (Wildman–Crippen LogP) is 3.35. The number of aromatic nitrogens is 1. The first-order valence-corrected chi connectivity index (χ1v) is 5.97. The van der Waals surface area contributed by atoms with Gasteiger partial charge in [-0.05, 0) is 43.0 Å². The van der Waals surface area contributed by atoms with E-state index in [4.69, 9.17) is 0 Å². The van der Waals surface area contributed by atoms with Crippen molar-refractivity contribution in [3.05, 3.63) is 59.3 Å². The average Bonchev–Trinajstić information content (AvgIpc) is 2.34. The first kappa shape index (κ1) is 11.6. The molecule has 88 valence electrons. The standard InChI is InChI=1S/C15H18N2/c1-12-7-8-15(17-11-12)16-10-9-14-6-4-3-5-13(14)2/h3-8,11H,9-10H2,1-2H3,(H,16,17). The van der Waals surface area contributed by atoms with Crippen LogP contribution >= 0.6 is 0 Å². The second-order valence-corrected chi connectivity index (χ2v) is 4.32. The molecule has 2 heteroatoms. The number of benzene rings is 1. The minimum absolute atomic E-state index is 0.918. The summed E-state index contributed by atoms with van der Waals surface area (Å²) >= 11 is 0. The molecule has 17 heavy (non-hydrogen) atoms. The minimum Gasteiger partial charge on any atom is -0.370 e. The van der Waals surface area contributed by atoms with Crippen LogP contribution in [0.15, 0.2) is 42.6 Å². The van der Waals surface area contributed by atoms with Crippen LogP contribution in [0.1, 0.15) is 16.7 Å². The number of hydrogen-bond acceptors (Lipinski definition) is 2. The molecular formula is C15H18N2. The van der Waals surface area contributed by atoms with Gasteiger partial charge in [0.1, 0.15) is 5.82 Å². The number of nitrogens with zero attached hydrogens (tertiary/aromatic N) is 1. The van der Waals surface area contributed by atoms with Crippen molar-refractivity contribution < 1.29 is 0 Å². The first-order valence-electron chi connectivity index (χ1n) is 5.97. The summed E-state index contributed by atoms with van der Waals surface area (Å²) in [5.41, 5.74) is 3.94. The number of hydrogen-bond donors (Lipinski definition) is 1. The summed E-state index contributed by atoms with van der Waals surface area (Å²) in [7, 11) is 0. The van der Waals surface area contributed by atoms with Crippen molar-refractivity contribution in [1.29, 1.82) is 0 Å². The Morgan fingerprint density at radius 1 is 1.06 bits per heavy atom. The second kappa shape index (κ2) is 5.48. The zero-order valence-electron chi connectivity index (χ0n) is 10.4. The van der Waals surface area contributed by atoms with Crippen molar-refractivity contribution in [3.8, 4) is 0 Å². The van der Waals surface area contributed by atoms with Gasteiger partial charge in [0, 0.05) is 12.7 Å². The van der Waals surface area contributed by atoms with E-state index in [0.29, 0.717) is 0 Å². The van der Waals surface area contributed by atoms with Gasteiger partial charge < -0.3 is 5.32 Å². The van der Waals surface area contributed by atoms with E-state index in [0.717, 1.165) is 18.8 Å². The van der Waals surface area contributed by atoms with E-state index in [1.165, 1.54) is 16.7 Å². The predicted molar refractivity (Wildman–Crippen MR) is 72.3 cm³/mol. The van der Waals surface area contributed by atoms with Crippen LogP contribution in [0.25, 0.3) is 0 Å². The highest BCUT2D eigenvalue weighted by atomic mass is 15.0. The van der Waals surface area contributed by atoms with Crippen LogP contribution in [0.3, 0.4) is 0 Å². The molecule has 0 radical (unpaired) electrons. The van der Waals surface area contributed by atoms with Crippen LogP contribution in [0.2, 0.25) is 0 Å². The minimum atomic E-state index is 0.918. The zero-order chi connectivity index (χ0) is 12.1. The third kappa shape index (κ3) is 3.31.